The molecule has 1 N–H and O–H groups in total. The van der Waals surface area contributed by atoms with E-state index >= 15 is 0 Å². The molecule has 0 amide bonds. The fourth-order valence-corrected chi connectivity index (χ4v) is 13.2. The average Bonchev–Trinajstić information content (AvgIpc) is 2.95. The lowest BCUT2D eigenvalue weighted by atomic mass is 9.79. The van der Waals surface area contributed by atoms with E-state index in [-0.39, 0.29) is 32.5 Å². The highest BCUT2D eigenvalue weighted by atomic mass is 28.4. The van der Waals surface area contributed by atoms with Crippen molar-refractivity contribution in [2.24, 2.45) is 0 Å². The van der Waals surface area contributed by atoms with Gasteiger partial charge in [-0.25, -0.2) is 0 Å². The first-order valence-corrected chi connectivity index (χ1v) is 34.3. The van der Waals surface area contributed by atoms with Gasteiger partial charge in [-0.1, -0.05) is 161 Å². The molecule has 3 aromatic carbocycles. The van der Waals surface area contributed by atoms with Crippen LogP contribution < -0.4 is 28.8 Å². The third kappa shape index (κ3) is 12.3. The zero-order valence-corrected chi connectivity index (χ0v) is 47.1. The van der Waals surface area contributed by atoms with Crippen molar-refractivity contribution in [2.45, 2.75) is 216 Å². The summed E-state index contributed by atoms with van der Waals surface area (Å²) < 4.78 is 21.4. The van der Waals surface area contributed by atoms with Gasteiger partial charge in [0.15, 0.2) is 0 Å². The van der Waals surface area contributed by atoms with Crippen LogP contribution in [0.1, 0.15) is 158 Å². The number of rotatable bonds is 9. The van der Waals surface area contributed by atoms with E-state index in [0.717, 1.165) is 66.2 Å². The van der Waals surface area contributed by atoms with Gasteiger partial charge in [-0.15, -0.1) is 0 Å². The van der Waals surface area contributed by atoms with Crippen LogP contribution in [0.4, 0.5) is 0 Å². The summed E-state index contributed by atoms with van der Waals surface area (Å²) in [6.07, 6.45) is 0. The van der Waals surface area contributed by atoms with E-state index in [1.165, 1.54) is 0 Å². The Morgan fingerprint density at radius 2 is 0.441 bits per heavy atom. The summed E-state index contributed by atoms with van der Waals surface area (Å²) in [6, 6.07) is 14.0. The highest BCUT2D eigenvalue weighted by molar-refractivity contribution is 7.06. The van der Waals surface area contributed by atoms with Gasteiger partial charge in [0.05, 0.1) is 0 Å². The van der Waals surface area contributed by atoms with Crippen LogP contribution in [0.2, 0.25) is 58.9 Å². The third-order valence-electron chi connectivity index (χ3n) is 10.6. The van der Waals surface area contributed by atoms with Crippen LogP contribution in [0.15, 0.2) is 36.4 Å². The SMILES string of the molecule is CC(C)(C)c1cc([Si](O)(c2cc(C(C)(C)C)c(O[Si](C)(C)C)c(C(C)(C)C)c2)c2cc(C(C)(C)C)c(O[Si](C)(C)C)c(C(C)(C)C)c2)cc(C(C)(C)C)c1O[Si](C)(C)C. The molecule has 0 atom stereocenters. The quantitative estimate of drug-likeness (QED) is 0.172. The summed E-state index contributed by atoms with van der Waals surface area (Å²) in [5.41, 5.74) is 5.30. The minimum Gasteiger partial charge on any atom is -0.544 e. The van der Waals surface area contributed by atoms with Crippen molar-refractivity contribution in [1.82, 2.24) is 0 Å². The van der Waals surface area contributed by atoms with Crippen molar-refractivity contribution in [2.75, 3.05) is 0 Å². The van der Waals surface area contributed by atoms with E-state index in [1.54, 1.807) is 0 Å². The lowest BCUT2D eigenvalue weighted by Crippen LogP contribution is -2.68. The number of hydrogen-bond donors (Lipinski definition) is 1. The molecule has 4 nitrogen and oxygen atoms in total. The molecule has 59 heavy (non-hydrogen) atoms. The Hall–Kier alpha value is -2.11. The first kappa shape index (κ1) is 51.2. The summed E-state index contributed by atoms with van der Waals surface area (Å²) in [6.45, 7) is 61.5. The van der Waals surface area contributed by atoms with Gasteiger partial charge in [0.1, 0.15) is 17.2 Å². The zero-order valence-electron chi connectivity index (χ0n) is 43.1. The molecule has 0 fully saturated rings. The van der Waals surface area contributed by atoms with Crippen molar-refractivity contribution in [3.8, 4) is 17.2 Å². The fraction of sp³-hybridized carbons (Fsp3) is 0.647. The van der Waals surface area contributed by atoms with Crippen LogP contribution in [-0.2, 0) is 32.5 Å². The number of hydrogen-bond acceptors (Lipinski definition) is 4. The van der Waals surface area contributed by atoms with Gasteiger partial charge in [0, 0.05) is 0 Å². The minimum absolute atomic E-state index is 0.259. The maximum absolute atomic E-state index is 14.8. The second-order valence-electron chi connectivity index (χ2n) is 26.6. The highest BCUT2D eigenvalue weighted by Gasteiger charge is 2.46. The average molecular weight is 878 g/mol. The molecule has 332 valence electrons. The van der Waals surface area contributed by atoms with Crippen LogP contribution in [0.3, 0.4) is 0 Å². The van der Waals surface area contributed by atoms with E-state index in [1.807, 2.05) is 0 Å². The molecule has 0 bridgehead atoms. The molecular weight excluding hydrogens is 789 g/mol. The Morgan fingerprint density at radius 1 is 0.305 bits per heavy atom. The van der Waals surface area contributed by atoms with Crippen molar-refractivity contribution in [1.29, 1.82) is 0 Å². The molecule has 0 aliphatic rings. The van der Waals surface area contributed by atoms with Crippen molar-refractivity contribution >= 4 is 48.8 Å². The van der Waals surface area contributed by atoms with Gasteiger partial charge in [0.2, 0.25) is 25.0 Å². The topological polar surface area (TPSA) is 47.9 Å². The van der Waals surface area contributed by atoms with Crippen molar-refractivity contribution in [3.63, 3.8) is 0 Å². The molecule has 0 unspecified atom stereocenters. The van der Waals surface area contributed by atoms with E-state index in [2.05, 4.69) is 220 Å². The smallest absolute Gasteiger partial charge is 0.285 e. The maximum atomic E-state index is 14.8. The second kappa shape index (κ2) is 15.9. The highest BCUT2D eigenvalue weighted by Crippen LogP contribution is 2.45. The molecule has 0 aliphatic heterocycles. The largest absolute Gasteiger partial charge is 0.544 e. The summed E-state index contributed by atoms with van der Waals surface area (Å²) >= 11 is 0. The summed E-state index contributed by atoms with van der Waals surface area (Å²) in [4.78, 5) is 14.8. The molecule has 0 saturated heterocycles. The lowest BCUT2D eigenvalue weighted by Gasteiger charge is -2.39. The van der Waals surface area contributed by atoms with Gasteiger partial charge in [-0.05, 0) is 140 Å². The molecule has 3 rings (SSSR count). The maximum Gasteiger partial charge on any atom is 0.285 e. The molecular formula is C51H88O4Si4. The second-order valence-corrected chi connectivity index (χ2v) is 43.0. The predicted molar refractivity (Wildman–Crippen MR) is 270 cm³/mol. The Morgan fingerprint density at radius 3 is 0.542 bits per heavy atom. The van der Waals surface area contributed by atoms with Crippen LogP contribution in [0, 0.1) is 0 Å². The number of benzene rings is 3. The molecule has 0 spiro atoms. The van der Waals surface area contributed by atoms with E-state index < -0.39 is 33.3 Å². The molecule has 3 aromatic rings. The zero-order chi connectivity index (χ0) is 46.3. The molecule has 0 saturated carbocycles. The lowest BCUT2D eigenvalue weighted by molar-refractivity contribution is 0.477. The fourth-order valence-electron chi connectivity index (χ4n) is 7.60. The monoisotopic (exact) mass is 877 g/mol. The minimum atomic E-state index is -3.92. The van der Waals surface area contributed by atoms with Gasteiger partial charge in [-0.3, -0.25) is 0 Å². The van der Waals surface area contributed by atoms with E-state index in [0.29, 0.717) is 0 Å². The molecule has 0 radical (unpaired) electrons. The molecule has 0 aliphatic carbocycles. The van der Waals surface area contributed by atoms with E-state index in [9.17, 15) is 4.80 Å². The van der Waals surface area contributed by atoms with Crippen molar-refractivity contribution < 1.29 is 18.1 Å². The normalized spacial score (nSPS) is 14.4. The van der Waals surface area contributed by atoms with Crippen LogP contribution in [0.25, 0.3) is 0 Å². The Kier molecular flexibility index (Phi) is 13.8. The summed E-state index contributed by atoms with van der Waals surface area (Å²) in [5.74, 6) is 2.95. The standard InChI is InChI=1S/C51H88O4Si4/c1-46(2,3)37-28-34(29-38(47(4,5)6)43(37)53-56(19,20)21)59(52,35-30-39(48(7,8)9)44(54-57(22,23)24)40(31-35)49(10,11)12)36-32-41(50(13,14)15)45(55-58(25,26)27)42(33-36)51(16,17)18/h28-33,52H,1-27H3. The van der Waals surface area contributed by atoms with Gasteiger partial charge >= 0.3 is 0 Å². The van der Waals surface area contributed by atoms with Gasteiger partial charge < -0.3 is 18.1 Å². The van der Waals surface area contributed by atoms with Gasteiger partial charge in [-0.2, -0.15) is 0 Å². The van der Waals surface area contributed by atoms with Crippen LogP contribution in [0.5, 0.6) is 17.2 Å². The van der Waals surface area contributed by atoms with Gasteiger partial charge in [0.25, 0.3) is 8.32 Å². The Bertz CT molecular complexity index is 1660. The molecule has 8 heteroatoms. The van der Waals surface area contributed by atoms with Crippen LogP contribution >= 0.6 is 0 Å². The molecule has 0 heterocycles. The van der Waals surface area contributed by atoms with Crippen LogP contribution in [-0.4, -0.2) is 38.1 Å². The van der Waals surface area contributed by atoms with Crippen molar-refractivity contribution in [3.05, 3.63) is 69.8 Å². The third-order valence-corrected chi connectivity index (χ3v) is 16.4. The Labute approximate surface area is 368 Å². The summed E-state index contributed by atoms with van der Waals surface area (Å²) in [5, 5.41) is 2.94. The molecule has 0 aromatic heterocycles. The summed E-state index contributed by atoms with van der Waals surface area (Å²) in [7, 11) is -10.1. The Balaban J connectivity index is 2.94. The first-order chi connectivity index (χ1) is 25.8. The first-order valence-electron chi connectivity index (χ1n) is 22.2. The predicted octanol–water partition coefficient (Wildman–Crippen LogP) is 13.1. The van der Waals surface area contributed by atoms with E-state index in [4.69, 9.17) is 13.3 Å².